The molecule has 2 aromatic carbocycles. The number of hydrogen-bond donors (Lipinski definition) is 1. The van der Waals surface area contributed by atoms with Gasteiger partial charge in [0.1, 0.15) is 5.00 Å². The largest absolute Gasteiger partial charge is 0.322 e. The zero-order chi connectivity index (χ0) is 22.4. The van der Waals surface area contributed by atoms with E-state index in [1.165, 1.54) is 21.0 Å². The van der Waals surface area contributed by atoms with Crippen molar-refractivity contribution in [3.63, 3.8) is 0 Å². The Morgan fingerprint density at radius 2 is 1.70 bits per heavy atom. The van der Waals surface area contributed by atoms with Crippen molar-refractivity contribution in [2.45, 2.75) is 25.6 Å². The molecule has 0 spiro atoms. The number of carbonyl (C=O) groups excluding carboxylic acids is 1. The van der Waals surface area contributed by atoms with E-state index in [1.807, 2.05) is 64.8 Å². The second-order valence-electron chi connectivity index (χ2n) is 8.82. The number of rotatable bonds is 2. The third-order valence-corrected chi connectivity index (χ3v) is 7.91. The summed E-state index contributed by atoms with van der Waals surface area (Å²) in [6, 6.07) is 24.1. The molecule has 0 aliphatic carbocycles. The Balaban J connectivity index is 1.50. The minimum absolute atomic E-state index is 0.0801. The molecule has 0 saturated heterocycles. The highest BCUT2D eigenvalue weighted by Crippen LogP contribution is 2.43. The number of fused-ring (bicyclic) bond motifs is 5. The topological polar surface area (TPSA) is 40.5 Å². The first-order chi connectivity index (χ1) is 16.2. The molecule has 2 aromatic heterocycles. The minimum Gasteiger partial charge on any atom is -0.310 e. The molecule has 6 rings (SSSR count). The second-order valence-corrected chi connectivity index (χ2v) is 9.90. The zero-order valence-electron chi connectivity index (χ0n) is 18.6. The lowest BCUT2D eigenvalue weighted by molar-refractivity contribution is 0.194. The van der Waals surface area contributed by atoms with E-state index in [1.54, 1.807) is 0 Å². The van der Waals surface area contributed by atoms with Crippen molar-refractivity contribution in [3.05, 3.63) is 106 Å². The van der Waals surface area contributed by atoms with Gasteiger partial charge in [-0.15, -0.1) is 11.3 Å². The number of urea groups is 1. The molecule has 6 heteroatoms. The van der Waals surface area contributed by atoms with E-state index >= 15 is 0 Å². The van der Waals surface area contributed by atoms with Crippen molar-refractivity contribution >= 4 is 23.1 Å². The number of nitrogens with one attached hydrogen (secondary N) is 1. The molecule has 0 radical (unpaired) electrons. The fraction of sp³-hybridized carbons (Fsp3) is 0.222. The number of carbonyl (C=O) groups is 1. The highest BCUT2D eigenvalue weighted by molar-refractivity contribution is 7.15. The number of hydrogen-bond acceptors (Lipinski definition) is 3. The van der Waals surface area contributed by atoms with E-state index in [9.17, 15) is 4.79 Å². The van der Waals surface area contributed by atoms with Crippen LogP contribution in [0.1, 0.15) is 33.3 Å². The average molecular weight is 455 g/mol. The lowest BCUT2D eigenvalue weighted by Crippen LogP contribution is -2.38. The smallest absolute Gasteiger partial charge is 0.310 e. The maximum Gasteiger partial charge on any atom is 0.322 e. The van der Waals surface area contributed by atoms with Crippen molar-refractivity contribution in [2.75, 3.05) is 18.9 Å². The molecule has 4 aromatic rings. The molecule has 1 atom stereocenters. The highest BCUT2D eigenvalue weighted by Gasteiger charge is 2.36. The summed E-state index contributed by atoms with van der Waals surface area (Å²) in [4.78, 5) is 19.6. The molecule has 0 saturated carbocycles. The van der Waals surface area contributed by atoms with Gasteiger partial charge in [0.05, 0.1) is 18.3 Å². The van der Waals surface area contributed by atoms with E-state index in [-0.39, 0.29) is 12.1 Å². The number of anilines is 1. The molecule has 0 unspecified atom stereocenters. The van der Waals surface area contributed by atoms with Gasteiger partial charge < -0.3 is 19.7 Å². The summed E-state index contributed by atoms with van der Waals surface area (Å²) in [7, 11) is 2.18. The van der Waals surface area contributed by atoms with Crippen LogP contribution in [0, 0.1) is 0 Å². The van der Waals surface area contributed by atoms with Crippen LogP contribution < -0.4 is 5.32 Å². The van der Waals surface area contributed by atoms with Gasteiger partial charge in [0.2, 0.25) is 0 Å². The van der Waals surface area contributed by atoms with Gasteiger partial charge in [-0.1, -0.05) is 48.5 Å². The molecule has 2 amide bonds. The van der Waals surface area contributed by atoms with E-state index < -0.39 is 0 Å². The monoisotopic (exact) mass is 454 g/mol. The third-order valence-electron chi connectivity index (χ3n) is 6.66. The molecule has 0 fully saturated rings. The van der Waals surface area contributed by atoms with Gasteiger partial charge in [-0.05, 0) is 48.9 Å². The van der Waals surface area contributed by atoms with Gasteiger partial charge in [-0.3, -0.25) is 0 Å². The Bertz CT molecular complexity index is 1290. The normalized spacial score (nSPS) is 17.6. The van der Waals surface area contributed by atoms with E-state index in [2.05, 4.69) is 52.3 Å². The molecular formula is C27H26N4OS. The van der Waals surface area contributed by atoms with E-state index in [4.69, 9.17) is 0 Å². The number of benzene rings is 2. The van der Waals surface area contributed by atoms with Crippen LogP contribution in [-0.2, 0) is 19.5 Å². The van der Waals surface area contributed by atoms with Crippen molar-refractivity contribution in [1.82, 2.24) is 14.4 Å². The fourth-order valence-corrected chi connectivity index (χ4v) is 6.50. The van der Waals surface area contributed by atoms with Gasteiger partial charge in [-0.2, -0.15) is 0 Å². The Labute approximate surface area is 197 Å². The summed E-state index contributed by atoms with van der Waals surface area (Å²) in [5.74, 6) is 0. The summed E-state index contributed by atoms with van der Waals surface area (Å²) in [5, 5.41) is 4.40. The van der Waals surface area contributed by atoms with E-state index in [0.717, 1.165) is 36.5 Å². The number of likely N-dealkylation sites (N-methyl/N-ethyl adjacent to an activating group) is 1. The summed E-state index contributed by atoms with van der Waals surface area (Å²) in [6.07, 6.45) is 3.17. The maximum absolute atomic E-state index is 13.8. The van der Waals surface area contributed by atoms with Gasteiger partial charge in [0, 0.05) is 35.4 Å². The Morgan fingerprint density at radius 3 is 2.48 bits per heavy atom. The molecule has 1 N–H and O–H groups in total. The maximum atomic E-state index is 13.8. The summed E-state index contributed by atoms with van der Waals surface area (Å²) >= 11 is 1.88. The predicted molar refractivity (Wildman–Crippen MR) is 133 cm³/mol. The average Bonchev–Trinajstić information content (AvgIpc) is 3.41. The lowest BCUT2D eigenvalue weighted by Gasteiger charge is -2.31. The fourth-order valence-electron chi connectivity index (χ4n) is 5.05. The third kappa shape index (κ3) is 3.56. The molecule has 166 valence electrons. The van der Waals surface area contributed by atoms with Gasteiger partial charge in [0.15, 0.2) is 0 Å². The van der Waals surface area contributed by atoms with E-state index in [0.29, 0.717) is 6.54 Å². The lowest BCUT2D eigenvalue weighted by atomic mass is 10.0. The molecule has 2 aliphatic rings. The van der Waals surface area contributed by atoms with Crippen LogP contribution in [0.25, 0.3) is 5.00 Å². The number of nitrogens with zero attached hydrogens (tertiary/aromatic N) is 3. The number of amides is 2. The molecule has 33 heavy (non-hydrogen) atoms. The first-order valence-electron chi connectivity index (χ1n) is 11.4. The quantitative estimate of drug-likeness (QED) is 0.424. The Kier molecular flexibility index (Phi) is 5.04. The first kappa shape index (κ1) is 20.3. The van der Waals surface area contributed by atoms with Crippen molar-refractivity contribution in [3.8, 4) is 5.00 Å². The van der Waals surface area contributed by atoms with Crippen LogP contribution >= 0.6 is 11.3 Å². The molecule has 5 nitrogen and oxygen atoms in total. The number of thiophene rings is 1. The van der Waals surface area contributed by atoms with Gasteiger partial charge >= 0.3 is 6.03 Å². The molecular weight excluding hydrogens is 428 g/mol. The van der Waals surface area contributed by atoms with Crippen molar-refractivity contribution in [1.29, 1.82) is 0 Å². The SMILES string of the molecule is CN1CCc2c(sc3c2CN(C(=O)Nc2ccccc2)[C@H](c2ccccc2)c2cccn2-3)C1. The Morgan fingerprint density at radius 1 is 0.939 bits per heavy atom. The van der Waals surface area contributed by atoms with Crippen LogP contribution in [0.5, 0.6) is 0 Å². The van der Waals surface area contributed by atoms with Gasteiger partial charge in [0.25, 0.3) is 0 Å². The van der Waals surface area contributed by atoms with Crippen LogP contribution in [0.3, 0.4) is 0 Å². The number of para-hydroxylation sites is 1. The highest BCUT2D eigenvalue weighted by atomic mass is 32.1. The van der Waals surface area contributed by atoms with Crippen LogP contribution in [0.4, 0.5) is 10.5 Å². The minimum atomic E-state index is -0.175. The summed E-state index contributed by atoms with van der Waals surface area (Å²) in [6.45, 7) is 2.61. The summed E-state index contributed by atoms with van der Waals surface area (Å²) < 4.78 is 2.31. The van der Waals surface area contributed by atoms with Crippen molar-refractivity contribution in [2.24, 2.45) is 0 Å². The first-order valence-corrected chi connectivity index (χ1v) is 12.2. The van der Waals surface area contributed by atoms with Crippen LogP contribution in [-0.4, -0.2) is 34.0 Å². The van der Waals surface area contributed by atoms with Crippen LogP contribution in [0.2, 0.25) is 0 Å². The molecule has 0 bridgehead atoms. The van der Waals surface area contributed by atoms with Crippen molar-refractivity contribution < 1.29 is 4.79 Å². The zero-order valence-corrected chi connectivity index (χ0v) is 19.4. The van der Waals surface area contributed by atoms with Gasteiger partial charge in [-0.25, -0.2) is 4.79 Å². The predicted octanol–water partition coefficient (Wildman–Crippen LogP) is 5.66. The molecule has 4 heterocycles. The standard InChI is InChI=1S/C27H26N4OS/c1-29-16-14-21-22-17-31(27(32)28-20-11-6-3-7-12-20)25(19-9-4-2-5-10-19)23-13-8-15-30(23)26(22)33-24(21)18-29/h2-13,15,25H,14,16-18H2,1H3,(H,28,32)/t25-/m1/s1. The molecule has 2 aliphatic heterocycles. The Hall–Kier alpha value is -3.35. The second kappa shape index (κ2) is 8.21. The van der Waals surface area contributed by atoms with Crippen LogP contribution in [0.15, 0.2) is 79.0 Å². The number of aromatic nitrogens is 1. The summed E-state index contributed by atoms with van der Waals surface area (Å²) in [5.41, 5.74) is 5.77.